The van der Waals surface area contributed by atoms with E-state index in [4.69, 9.17) is 0 Å². The number of benzene rings is 6. The lowest BCUT2D eigenvalue weighted by Crippen LogP contribution is -2.67. The van der Waals surface area contributed by atoms with Crippen LogP contribution in [0.4, 0.5) is 11.4 Å². The Labute approximate surface area is 233 Å². The molecule has 40 heavy (non-hydrogen) atoms. The van der Waals surface area contributed by atoms with E-state index >= 15 is 0 Å². The average Bonchev–Trinajstić information content (AvgIpc) is 3.35. The number of hydrogen-bond donors (Lipinski definition) is 0. The number of nitrogens with zero attached hydrogens (tertiary/aromatic N) is 2. The molecule has 182 valence electrons. The van der Waals surface area contributed by atoms with E-state index in [-0.39, 0.29) is 13.7 Å². The Morgan fingerprint density at radius 2 is 0.775 bits per heavy atom. The van der Waals surface area contributed by atoms with E-state index in [9.17, 15) is 0 Å². The number of para-hydroxylation sites is 4. The Morgan fingerprint density at radius 1 is 0.350 bits per heavy atom. The Hall–Kier alpha value is -4.95. The van der Waals surface area contributed by atoms with Gasteiger partial charge in [-0.15, -0.1) is 0 Å². The van der Waals surface area contributed by atoms with Crippen molar-refractivity contribution in [1.29, 1.82) is 0 Å². The molecule has 4 heterocycles. The largest absolute Gasteiger partial charge is 0.377 e. The van der Waals surface area contributed by atoms with E-state index in [1.165, 1.54) is 77.3 Å². The Kier molecular flexibility index (Phi) is 3.86. The number of anilines is 2. The third-order valence-electron chi connectivity index (χ3n) is 9.43. The molecule has 0 N–H and O–H groups in total. The van der Waals surface area contributed by atoms with E-state index < -0.39 is 0 Å². The molecule has 0 atom stereocenters. The van der Waals surface area contributed by atoms with Gasteiger partial charge in [-0.05, 0) is 45.1 Å². The minimum absolute atomic E-state index is 0.0575. The maximum absolute atomic E-state index is 2.67. The lowest BCUT2D eigenvalue weighted by atomic mass is 9.38. The fraction of sp³-hybridized carbons (Fsp3) is 0. The molecule has 4 heteroatoms. The molecule has 1 aromatic heterocycles. The van der Waals surface area contributed by atoms with Crippen LogP contribution in [0.25, 0.3) is 44.1 Å². The number of fused-ring (bicyclic) bond motifs is 9. The first-order valence-corrected chi connectivity index (χ1v) is 14.1. The predicted molar refractivity (Wildman–Crippen MR) is 171 cm³/mol. The van der Waals surface area contributed by atoms with Gasteiger partial charge in [0.2, 0.25) is 0 Å². The topological polar surface area (TPSA) is 8.17 Å². The van der Waals surface area contributed by atoms with Crippen LogP contribution in [-0.4, -0.2) is 18.2 Å². The zero-order valence-electron chi connectivity index (χ0n) is 21.8. The summed E-state index contributed by atoms with van der Waals surface area (Å²) in [6.45, 7) is 0.205. The van der Waals surface area contributed by atoms with Gasteiger partial charge in [-0.1, -0.05) is 121 Å². The molecule has 3 aliphatic rings. The normalized spacial score (nSPS) is 13.8. The van der Waals surface area contributed by atoms with Gasteiger partial charge in [-0.2, -0.15) is 0 Å². The maximum atomic E-state index is 2.67. The molecule has 3 aliphatic heterocycles. The quantitative estimate of drug-likeness (QED) is 0.262. The molecule has 2 nitrogen and oxygen atoms in total. The summed E-state index contributed by atoms with van der Waals surface area (Å²) in [7, 11) is 0. The predicted octanol–water partition coefficient (Wildman–Crippen LogP) is 5.67. The smallest absolute Gasteiger partial charge is 0.332 e. The van der Waals surface area contributed by atoms with Crippen molar-refractivity contribution in [3.63, 3.8) is 0 Å². The highest BCUT2D eigenvalue weighted by atomic mass is 15.1. The summed E-state index contributed by atoms with van der Waals surface area (Å²) in [4.78, 5) is 2.67. The van der Waals surface area contributed by atoms with Crippen LogP contribution in [0.2, 0.25) is 0 Å². The van der Waals surface area contributed by atoms with Crippen molar-refractivity contribution in [2.24, 2.45) is 0 Å². The summed E-state index contributed by atoms with van der Waals surface area (Å²) in [6.07, 6.45) is 0. The average molecular weight is 504 g/mol. The molecule has 7 aromatic rings. The molecule has 6 aromatic carbocycles. The number of rotatable bonds is 1. The van der Waals surface area contributed by atoms with Crippen molar-refractivity contribution < 1.29 is 0 Å². The summed E-state index contributed by atoms with van der Waals surface area (Å²) in [5, 5.41) is 2.62. The molecular formula is C36H22B2N2. The van der Waals surface area contributed by atoms with Gasteiger partial charge in [-0.25, -0.2) is 0 Å². The van der Waals surface area contributed by atoms with Crippen molar-refractivity contribution in [2.45, 2.75) is 0 Å². The zero-order chi connectivity index (χ0) is 25.9. The standard InChI is InChI=1S/C36H22B2N2/c1-5-17-29-23(11-1)27-15-9-19-31-35(27)40-36-28(24-12-2-6-18-30(24)37(29)40)16-10-20-32(36)38(31)39-33-21-7-3-13-25(33)26-14-4-8-22-34(26)39/h1-22H. The second kappa shape index (κ2) is 7.37. The molecule has 0 amide bonds. The van der Waals surface area contributed by atoms with Gasteiger partial charge < -0.3 is 9.29 Å². The van der Waals surface area contributed by atoms with Crippen LogP contribution in [0.15, 0.2) is 133 Å². The second-order valence-corrected chi connectivity index (χ2v) is 11.2. The summed E-state index contributed by atoms with van der Waals surface area (Å²) >= 11 is 0. The second-order valence-electron chi connectivity index (χ2n) is 11.2. The van der Waals surface area contributed by atoms with Gasteiger partial charge in [0, 0.05) is 44.3 Å². The van der Waals surface area contributed by atoms with Gasteiger partial charge in [-0.3, -0.25) is 0 Å². The van der Waals surface area contributed by atoms with Crippen molar-refractivity contribution >= 4 is 68.7 Å². The van der Waals surface area contributed by atoms with Crippen LogP contribution in [0.1, 0.15) is 0 Å². The minimum atomic E-state index is 0.0575. The van der Waals surface area contributed by atoms with Crippen LogP contribution in [0, 0.1) is 0 Å². The fourth-order valence-electron chi connectivity index (χ4n) is 7.99. The molecular weight excluding hydrogens is 482 g/mol. The van der Waals surface area contributed by atoms with Gasteiger partial charge in [0.15, 0.2) is 0 Å². The van der Waals surface area contributed by atoms with Crippen molar-refractivity contribution in [1.82, 2.24) is 4.48 Å². The van der Waals surface area contributed by atoms with Crippen molar-refractivity contribution in [2.75, 3.05) is 4.81 Å². The van der Waals surface area contributed by atoms with Gasteiger partial charge in [0.05, 0.1) is 0 Å². The highest BCUT2D eigenvalue weighted by Gasteiger charge is 2.49. The molecule has 0 saturated heterocycles. The van der Waals surface area contributed by atoms with Gasteiger partial charge in [0.1, 0.15) is 0 Å². The summed E-state index contributed by atoms with van der Waals surface area (Å²) < 4.78 is 2.60. The Morgan fingerprint density at radius 3 is 1.32 bits per heavy atom. The molecule has 0 spiro atoms. The lowest BCUT2D eigenvalue weighted by Gasteiger charge is -2.49. The molecule has 0 unspecified atom stereocenters. The SMILES string of the molecule is c1ccc2c(c1)B1c3ccccc3-c3cccc4c3N1c1c(cccc1-2)B4n1c2ccccc2c2ccccc21. The molecule has 0 saturated carbocycles. The maximum Gasteiger partial charge on any atom is 0.332 e. The highest BCUT2D eigenvalue weighted by Crippen LogP contribution is 2.47. The van der Waals surface area contributed by atoms with Crippen LogP contribution in [0.3, 0.4) is 0 Å². The number of aromatic nitrogens is 1. The van der Waals surface area contributed by atoms with Gasteiger partial charge >= 0.3 is 13.7 Å². The summed E-state index contributed by atoms with van der Waals surface area (Å²) in [5.41, 5.74) is 16.1. The molecule has 0 aliphatic carbocycles. The van der Waals surface area contributed by atoms with E-state index in [0.717, 1.165) is 0 Å². The van der Waals surface area contributed by atoms with Crippen molar-refractivity contribution in [3.8, 4) is 22.3 Å². The number of hydrogen-bond acceptors (Lipinski definition) is 1. The van der Waals surface area contributed by atoms with Crippen LogP contribution in [-0.2, 0) is 0 Å². The Balaban J connectivity index is 1.42. The lowest BCUT2D eigenvalue weighted by molar-refractivity contribution is 1.30. The molecule has 0 radical (unpaired) electrons. The van der Waals surface area contributed by atoms with Crippen LogP contribution >= 0.6 is 0 Å². The monoisotopic (exact) mass is 504 g/mol. The summed E-state index contributed by atoms with van der Waals surface area (Å²) in [5.74, 6) is 0. The third kappa shape index (κ3) is 2.40. The first kappa shape index (κ1) is 20.9. The molecule has 10 rings (SSSR count). The summed E-state index contributed by atoms with van der Waals surface area (Å²) in [6, 6.07) is 49.8. The van der Waals surface area contributed by atoms with Crippen LogP contribution < -0.4 is 26.7 Å². The molecule has 0 fully saturated rings. The molecule has 0 bridgehead atoms. The van der Waals surface area contributed by atoms with Crippen molar-refractivity contribution in [3.05, 3.63) is 133 Å². The van der Waals surface area contributed by atoms with Gasteiger partial charge in [0.25, 0.3) is 0 Å². The first-order valence-electron chi connectivity index (χ1n) is 14.1. The Bertz CT molecular complexity index is 2060. The van der Waals surface area contributed by atoms with E-state index in [1.807, 2.05) is 0 Å². The highest BCUT2D eigenvalue weighted by molar-refractivity contribution is 6.97. The van der Waals surface area contributed by atoms with E-state index in [2.05, 4.69) is 143 Å². The van der Waals surface area contributed by atoms with E-state index in [1.54, 1.807) is 0 Å². The first-order chi connectivity index (χ1) is 19.9. The third-order valence-corrected chi connectivity index (χ3v) is 9.43. The van der Waals surface area contributed by atoms with E-state index in [0.29, 0.717) is 0 Å². The zero-order valence-corrected chi connectivity index (χ0v) is 21.8. The minimum Gasteiger partial charge on any atom is -0.377 e. The fourth-order valence-corrected chi connectivity index (χ4v) is 7.99. The van der Waals surface area contributed by atoms with Crippen LogP contribution in [0.5, 0.6) is 0 Å².